The molecule has 1 atom stereocenters. The van der Waals surface area contributed by atoms with Gasteiger partial charge in [0.1, 0.15) is 5.75 Å². The fourth-order valence-corrected chi connectivity index (χ4v) is 2.00. The highest BCUT2D eigenvalue weighted by molar-refractivity contribution is 5.94. The van der Waals surface area contributed by atoms with Gasteiger partial charge in [0.15, 0.2) is 0 Å². The number of benzene rings is 1. The van der Waals surface area contributed by atoms with E-state index in [1.807, 2.05) is 19.1 Å². The van der Waals surface area contributed by atoms with Gasteiger partial charge in [-0.2, -0.15) is 0 Å². The molecule has 1 aromatic carbocycles. The van der Waals surface area contributed by atoms with Gasteiger partial charge < -0.3 is 15.2 Å². The normalized spacial score (nSPS) is 15.7. The van der Waals surface area contributed by atoms with Crippen molar-refractivity contribution in [3.63, 3.8) is 0 Å². The average Bonchev–Trinajstić information content (AvgIpc) is 3.29. The Hall–Kier alpha value is -1.55. The summed E-state index contributed by atoms with van der Waals surface area (Å²) >= 11 is 0. The van der Waals surface area contributed by atoms with Crippen LogP contribution < -0.4 is 10.1 Å². The third-order valence-corrected chi connectivity index (χ3v) is 3.60. The second kappa shape index (κ2) is 7.29. The summed E-state index contributed by atoms with van der Waals surface area (Å²) in [5.74, 6) is 1.44. The Balaban J connectivity index is 1.85. The number of ether oxygens (including phenoxy) is 1. The van der Waals surface area contributed by atoms with Crippen molar-refractivity contribution in [1.29, 1.82) is 0 Å². The van der Waals surface area contributed by atoms with Gasteiger partial charge in [-0.1, -0.05) is 6.92 Å². The van der Waals surface area contributed by atoms with Gasteiger partial charge in [-0.25, -0.2) is 0 Å². The van der Waals surface area contributed by atoms with Crippen LogP contribution in [0.3, 0.4) is 0 Å². The van der Waals surface area contributed by atoms with Gasteiger partial charge >= 0.3 is 0 Å². The summed E-state index contributed by atoms with van der Waals surface area (Å²) in [7, 11) is 0. The van der Waals surface area contributed by atoms with Gasteiger partial charge in [0.05, 0.1) is 6.61 Å². The topological polar surface area (TPSA) is 58.6 Å². The Morgan fingerprint density at radius 3 is 2.65 bits per heavy atom. The predicted molar refractivity (Wildman–Crippen MR) is 77.9 cm³/mol. The molecule has 20 heavy (non-hydrogen) atoms. The monoisotopic (exact) mass is 277 g/mol. The van der Waals surface area contributed by atoms with Crippen LogP contribution in [-0.4, -0.2) is 30.3 Å². The number of hydrogen-bond acceptors (Lipinski definition) is 3. The molecule has 0 aliphatic heterocycles. The van der Waals surface area contributed by atoms with Crippen molar-refractivity contribution in [2.75, 3.05) is 13.2 Å². The molecule has 4 nitrogen and oxygen atoms in total. The molecule has 0 aromatic heterocycles. The van der Waals surface area contributed by atoms with E-state index in [0.29, 0.717) is 12.0 Å². The largest absolute Gasteiger partial charge is 0.493 e. The third-order valence-electron chi connectivity index (χ3n) is 3.60. The summed E-state index contributed by atoms with van der Waals surface area (Å²) in [4.78, 5) is 12.0. The van der Waals surface area contributed by atoms with Crippen molar-refractivity contribution in [2.45, 2.75) is 38.6 Å². The van der Waals surface area contributed by atoms with Gasteiger partial charge in [-0.15, -0.1) is 0 Å². The van der Waals surface area contributed by atoms with Crippen LogP contribution in [0.25, 0.3) is 0 Å². The molecule has 1 fully saturated rings. The standard InChI is InChI=1S/C16H23NO3/c1-2-14(9-10-18)17-16(19)13-5-7-15(8-6-13)20-11-12-3-4-12/h5-8,12,14,18H,2-4,9-11H2,1H3,(H,17,19). The quantitative estimate of drug-likeness (QED) is 0.767. The van der Waals surface area contributed by atoms with Crippen molar-refractivity contribution < 1.29 is 14.6 Å². The Morgan fingerprint density at radius 1 is 1.40 bits per heavy atom. The van der Waals surface area contributed by atoms with E-state index in [2.05, 4.69) is 5.32 Å². The summed E-state index contributed by atoms with van der Waals surface area (Å²) in [6.45, 7) is 2.86. The van der Waals surface area contributed by atoms with Gasteiger partial charge in [0.2, 0.25) is 0 Å². The van der Waals surface area contributed by atoms with Crippen molar-refractivity contribution in [3.05, 3.63) is 29.8 Å². The van der Waals surface area contributed by atoms with Crippen LogP contribution in [0, 0.1) is 5.92 Å². The molecule has 4 heteroatoms. The summed E-state index contributed by atoms with van der Waals surface area (Å²) in [6, 6.07) is 7.26. The number of amides is 1. The van der Waals surface area contributed by atoms with Crippen LogP contribution in [0.1, 0.15) is 43.0 Å². The molecule has 1 aliphatic rings. The lowest BCUT2D eigenvalue weighted by Crippen LogP contribution is -2.35. The molecule has 0 spiro atoms. The molecule has 0 heterocycles. The van der Waals surface area contributed by atoms with Crippen LogP contribution in [0.2, 0.25) is 0 Å². The van der Waals surface area contributed by atoms with Crippen molar-refractivity contribution in [3.8, 4) is 5.75 Å². The number of rotatable bonds is 8. The predicted octanol–water partition coefficient (Wildman–Crippen LogP) is 2.37. The van der Waals surface area contributed by atoms with E-state index in [9.17, 15) is 4.79 Å². The highest BCUT2D eigenvalue weighted by atomic mass is 16.5. The van der Waals surface area contributed by atoms with Crippen LogP contribution in [-0.2, 0) is 0 Å². The molecule has 0 saturated heterocycles. The molecule has 1 saturated carbocycles. The molecule has 0 radical (unpaired) electrons. The first-order valence-electron chi connectivity index (χ1n) is 7.37. The zero-order chi connectivity index (χ0) is 14.4. The van der Waals surface area contributed by atoms with Gasteiger partial charge in [-0.3, -0.25) is 4.79 Å². The first-order chi connectivity index (χ1) is 9.72. The Labute approximate surface area is 120 Å². The minimum atomic E-state index is -0.0981. The number of aliphatic hydroxyl groups is 1. The van der Waals surface area contributed by atoms with Gasteiger partial charge in [0, 0.05) is 18.2 Å². The summed E-state index contributed by atoms with van der Waals surface area (Å²) in [5.41, 5.74) is 0.625. The fraction of sp³-hybridized carbons (Fsp3) is 0.562. The number of nitrogens with one attached hydrogen (secondary N) is 1. The molecule has 1 unspecified atom stereocenters. The zero-order valence-electron chi connectivity index (χ0n) is 12.0. The minimum absolute atomic E-state index is 0.0262. The van der Waals surface area contributed by atoms with Gasteiger partial charge in [-0.05, 0) is 55.9 Å². The molecule has 1 aromatic rings. The van der Waals surface area contributed by atoms with E-state index in [1.54, 1.807) is 12.1 Å². The minimum Gasteiger partial charge on any atom is -0.493 e. The van der Waals surface area contributed by atoms with Crippen molar-refractivity contribution >= 4 is 5.91 Å². The molecule has 2 N–H and O–H groups in total. The summed E-state index contributed by atoms with van der Waals surface area (Å²) in [5, 5.41) is 11.9. The average molecular weight is 277 g/mol. The summed E-state index contributed by atoms with van der Waals surface area (Å²) < 4.78 is 5.64. The van der Waals surface area contributed by atoms with E-state index in [-0.39, 0.29) is 18.6 Å². The van der Waals surface area contributed by atoms with Crippen LogP contribution in [0.5, 0.6) is 5.75 Å². The maximum atomic E-state index is 12.0. The number of carbonyl (C=O) groups excluding carboxylic acids is 1. The lowest BCUT2D eigenvalue weighted by Gasteiger charge is -2.15. The zero-order valence-corrected chi connectivity index (χ0v) is 12.0. The van der Waals surface area contributed by atoms with E-state index in [4.69, 9.17) is 9.84 Å². The second-order valence-corrected chi connectivity index (χ2v) is 5.37. The summed E-state index contributed by atoms with van der Waals surface area (Å²) in [6.07, 6.45) is 3.94. The smallest absolute Gasteiger partial charge is 0.251 e. The Morgan fingerprint density at radius 2 is 2.10 bits per heavy atom. The highest BCUT2D eigenvalue weighted by Gasteiger charge is 2.21. The second-order valence-electron chi connectivity index (χ2n) is 5.37. The highest BCUT2D eigenvalue weighted by Crippen LogP contribution is 2.29. The maximum absolute atomic E-state index is 12.0. The molecule has 0 bridgehead atoms. The molecular weight excluding hydrogens is 254 g/mol. The molecule has 1 aliphatic carbocycles. The molecule has 110 valence electrons. The molecule has 1 amide bonds. The first-order valence-corrected chi connectivity index (χ1v) is 7.37. The number of aliphatic hydroxyl groups excluding tert-OH is 1. The first kappa shape index (κ1) is 14.9. The number of carbonyl (C=O) groups is 1. The maximum Gasteiger partial charge on any atom is 0.251 e. The Bertz CT molecular complexity index is 426. The molecule has 2 rings (SSSR count). The fourth-order valence-electron chi connectivity index (χ4n) is 2.00. The van der Waals surface area contributed by atoms with Crippen molar-refractivity contribution in [1.82, 2.24) is 5.32 Å². The van der Waals surface area contributed by atoms with Crippen molar-refractivity contribution in [2.24, 2.45) is 5.92 Å². The van der Waals surface area contributed by atoms with Crippen LogP contribution in [0.4, 0.5) is 0 Å². The van der Waals surface area contributed by atoms with Gasteiger partial charge in [0.25, 0.3) is 5.91 Å². The molecular formula is C16H23NO3. The van der Waals surface area contributed by atoms with E-state index < -0.39 is 0 Å². The SMILES string of the molecule is CCC(CCO)NC(=O)c1ccc(OCC2CC2)cc1. The lowest BCUT2D eigenvalue weighted by atomic mass is 10.1. The van der Waals surface area contributed by atoms with E-state index >= 15 is 0 Å². The van der Waals surface area contributed by atoms with Crippen LogP contribution in [0.15, 0.2) is 24.3 Å². The number of hydrogen-bond donors (Lipinski definition) is 2. The third kappa shape index (κ3) is 4.53. The van der Waals surface area contributed by atoms with E-state index in [1.165, 1.54) is 12.8 Å². The van der Waals surface area contributed by atoms with E-state index in [0.717, 1.165) is 24.7 Å². The Kier molecular flexibility index (Phi) is 5.41. The lowest BCUT2D eigenvalue weighted by molar-refractivity contribution is 0.0929. The van der Waals surface area contributed by atoms with Crippen LogP contribution >= 0.6 is 0 Å².